The van der Waals surface area contributed by atoms with E-state index in [-0.39, 0.29) is 41.7 Å². The molecule has 3 aromatic carbocycles. The van der Waals surface area contributed by atoms with Gasteiger partial charge in [-0.25, -0.2) is 8.42 Å². The van der Waals surface area contributed by atoms with Crippen LogP contribution >= 0.6 is 0 Å². The van der Waals surface area contributed by atoms with Crippen LogP contribution in [0.5, 0.6) is 23.0 Å². The van der Waals surface area contributed by atoms with Crippen molar-refractivity contribution < 1.29 is 37.6 Å². The monoisotopic (exact) mass is 598 g/mol. The van der Waals surface area contributed by atoms with Crippen LogP contribution in [0, 0.1) is 0 Å². The van der Waals surface area contributed by atoms with E-state index in [9.17, 15) is 23.4 Å². The minimum Gasteiger partial charge on any atom is -0.502 e. The SMILES string of the molecule is CCCN(C[C@@H](O)[C@H](Cc1ccccc1)NC(=O)/C=C/c1cc(OC)c(O)c(OC)c1)S(=O)(=O)c1ccc(OC)cc1. The summed E-state index contributed by atoms with van der Waals surface area (Å²) >= 11 is 0. The second-order valence-electron chi connectivity index (χ2n) is 9.52. The summed E-state index contributed by atoms with van der Waals surface area (Å²) in [6, 6.07) is 17.6. The Hall–Kier alpha value is -4.06. The molecule has 0 radical (unpaired) electrons. The van der Waals surface area contributed by atoms with E-state index in [0.29, 0.717) is 17.7 Å². The Bertz CT molecular complexity index is 1420. The highest BCUT2D eigenvalue weighted by molar-refractivity contribution is 7.89. The van der Waals surface area contributed by atoms with Crippen molar-refractivity contribution in [3.63, 3.8) is 0 Å². The lowest BCUT2D eigenvalue weighted by atomic mass is 10.0. The Kier molecular flexibility index (Phi) is 11.8. The van der Waals surface area contributed by atoms with E-state index >= 15 is 0 Å². The fourth-order valence-corrected chi connectivity index (χ4v) is 5.91. The number of aliphatic hydroxyl groups is 1. The minimum absolute atomic E-state index is 0.0790. The van der Waals surface area contributed by atoms with Crippen LogP contribution in [0.15, 0.2) is 77.7 Å². The van der Waals surface area contributed by atoms with E-state index in [1.807, 2.05) is 37.3 Å². The van der Waals surface area contributed by atoms with Crippen LogP contribution < -0.4 is 19.5 Å². The zero-order valence-electron chi connectivity index (χ0n) is 24.2. The number of aromatic hydroxyl groups is 1. The second kappa shape index (κ2) is 15.2. The number of carbonyl (C=O) groups excluding carboxylic acids is 1. The van der Waals surface area contributed by atoms with Gasteiger partial charge in [0.15, 0.2) is 11.5 Å². The molecule has 0 heterocycles. The molecule has 1 amide bonds. The van der Waals surface area contributed by atoms with Crippen molar-refractivity contribution in [2.45, 2.75) is 36.8 Å². The van der Waals surface area contributed by atoms with Crippen LogP contribution in [0.25, 0.3) is 6.08 Å². The molecule has 0 bridgehead atoms. The van der Waals surface area contributed by atoms with Gasteiger partial charge in [0.05, 0.1) is 38.4 Å². The number of nitrogens with zero attached hydrogens (tertiary/aromatic N) is 1. The molecule has 10 nitrogen and oxygen atoms in total. The van der Waals surface area contributed by atoms with Gasteiger partial charge < -0.3 is 29.7 Å². The van der Waals surface area contributed by atoms with Crippen molar-refractivity contribution in [2.75, 3.05) is 34.4 Å². The predicted octanol–water partition coefficient (Wildman–Crippen LogP) is 3.62. The Labute approximate surface area is 247 Å². The average Bonchev–Trinajstić information content (AvgIpc) is 3.00. The van der Waals surface area contributed by atoms with Gasteiger partial charge in [0.2, 0.25) is 21.7 Å². The number of amides is 1. The van der Waals surface area contributed by atoms with Crippen molar-refractivity contribution >= 4 is 22.0 Å². The number of methoxy groups -OCH3 is 3. The number of aliphatic hydroxyl groups excluding tert-OH is 1. The largest absolute Gasteiger partial charge is 0.502 e. The standard InChI is InChI=1S/C31H38N2O8S/c1-5-17-33(42(37,38)25-14-12-24(39-2)13-15-25)21-27(34)26(18-22-9-7-6-8-10-22)32-30(35)16-11-23-19-28(40-3)31(36)29(20-23)41-4/h6-16,19-20,26-27,34,36H,5,17-18,21H2,1-4H3,(H,32,35)/b16-11+/t26-,27+/m0/s1. The number of carbonyl (C=O) groups is 1. The molecule has 226 valence electrons. The second-order valence-corrected chi connectivity index (χ2v) is 11.5. The number of benzene rings is 3. The maximum Gasteiger partial charge on any atom is 0.244 e. The molecule has 42 heavy (non-hydrogen) atoms. The normalized spacial score (nSPS) is 13.1. The highest BCUT2D eigenvalue weighted by Crippen LogP contribution is 2.37. The molecule has 3 N–H and O–H groups in total. The molecule has 0 saturated carbocycles. The van der Waals surface area contributed by atoms with Crippen molar-refractivity contribution in [2.24, 2.45) is 0 Å². The lowest BCUT2D eigenvalue weighted by molar-refractivity contribution is -0.118. The van der Waals surface area contributed by atoms with Gasteiger partial charge in [-0.3, -0.25) is 4.79 Å². The number of hydrogen-bond acceptors (Lipinski definition) is 8. The third-order valence-corrected chi connectivity index (χ3v) is 8.46. The zero-order valence-corrected chi connectivity index (χ0v) is 25.0. The molecule has 0 aliphatic rings. The summed E-state index contributed by atoms with van der Waals surface area (Å²) in [5.74, 6) is 0.232. The van der Waals surface area contributed by atoms with Crippen LogP contribution in [0.4, 0.5) is 0 Å². The fourth-order valence-electron chi connectivity index (χ4n) is 4.36. The van der Waals surface area contributed by atoms with E-state index in [0.717, 1.165) is 5.56 Å². The van der Waals surface area contributed by atoms with Crippen LogP contribution in [-0.2, 0) is 21.2 Å². The van der Waals surface area contributed by atoms with Gasteiger partial charge in [0.1, 0.15) is 5.75 Å². The Morgan fingerprint density at radius 3 is 2.14 bits per heavy atom. The minimum atomic E-state index is -3.93. The van der Waals surface area contributed by atoms with Crippen LogP contribution in [-0.4, -0.2) is 75.4 Å². The van der Waals surface area contributed by atoms with Gasteiger partial charge in [-0.1, -0.05) is 37.3 Å². The van der Waals surface area contributed by atoms with E-state index in [4.69, 9.17) is 14.2 Å². The van der Waals surface area contributed by atoms with E-state index < -0.39 is 28.1 Å². The first-order chi connectivity index (χ1) is 20.1. The highest BCUT2D eigenvalue weighted by Gasteiger charge is 2.30. The van der Waals surface area contributed by atoms with Gasteiger partial charge in [-0.2, -0.15) is 4.31 Å². The molecule has 0 aliphatic heterocycles. The van der Waals surface area contributed by atoms with Crippen LogP contribution in [0.1, 0.15) is 24.5 Å². The molecule has 0 unspecified atom stereocenters. The Morgan fingerprint density at radius 1 is 0.976 bits per heavy atom. The Morgan fingerprint density at radius 2 is 1.60 bits per heavy atom. The third-order valence-electron chi connectivity index (χ3n) is 6.58. The molecule has 3 aromatic rings. The van der Waals surface area contributed by atoms with Crippen LogP contribution in [0.2, 0.25) is 0 Å². The number of phenolic OH excluding ortho intramolecular Hbond substituents is 1. The van der Waals surface area contributed by atoms with Crippen molar-refractivity contribution in [1.82, 2.24) is 9.62 Å². The van der Waals surface area contributed by atoms with Crippen molar-refractivity contribution in [3.05, 3.63) is 83.9 Å². The lowest BCUT2D eigenvalue weighted by Crippen LogP contribution is -2.50. The number of hydrogen-bond donors (Lipinski definition) is 3. The predicted molar refractivity (Wildman–Crippen MR) is 160 cm³/mol. The number of rotatable bonds is 15. The van der Waals surface area contributed by atoms with Crippen molar-refractivity contribution in [3.8, 4) is 23.0 Å². The lowest BCUT2D eigenvalue weighted by Gasteiger charge is -2.29. The summed E-state index contributed by atoms with van der Waals surface area (Å²) < 4.78 is 43.7. The summed E-state index contributed by atoms with van der Waals surface area (Å²) in [5.41, 5.74) is 1.40. The molecule has 0 saturated heterocycles. The topological polar surface area (TPSA) is 135 Å². The zero-order chi connectivity index (χ0) is 30.7. The summed E-state index contributed by atoms with van der Waals surface area (Å²) in [6.45, 7) is 1.81. The fraction of sp³-hybridized carbons (Fsp3) is 0.323. The van der Waals surface area contributed by atoms with Crippen LogP contribution in [0.3, 0.4) is 0 Å². The Balaban J connectivity index is 1.84. The average molecular weight is 599 g/mol. The number of phenols is 1. The maximum absolute atomic E-state index is 13.5. The van der Waals surface area contributed by atoms with Gasteiger partial charge in [-0.05, 0) is 66.4 Å². The summed E-state index contributed by atoms with van der Waals surface area (Å²) in [5, 5.41) is 24.3. The van der Waals surface area contributed by atoms with Crippen molar-refractivity contribution in [1.29, 1.82) is 0 Å². The number of nitrogens with one attached hydrogen (secondary N) is 1. The van der Waals surface area contributed by atoms with Gasteiger partial charge in [-0.15, -0.1) is 0 Å². The van der Waals surface area contributed by atoms with E-state index in [1.54, 1.807) is 24.3 Å². The number of ether oxygens (including phenoxy) is 3. The molecule has 0 aliphatic carbocycles. The quantitative estimate of drug-likeness (QED) is 0.226. The molecule has 0 fully saturated rings. The smallest absolute Gasteiger partial charge is 0.244 e. The molecule has 2 atom stereocenters. The van der Waals surface area contributed by atoms with Gasteiger partial charge >= 0.3 is 0 Å². The third kappa shape index (κ3) is 8.48. The first-order valence-electron chi connectivity index (χ1n) is 13.4. The molecule has 0 aromatic heterocycles. The summed E-state index contributed by atoms with van der Waals surface area (Å²) in [7, 11) is 0.371. The van der Waals surface area contributed by atoms with Gasteiger partial charge in [0, 0.05) is 19.2 Å². The highest BCUT2D eigenvalue weighted by atomic mass is 32.2. The number of sulfonamides is 1. The molecular weight excluding hydrogens is 560 g/mol. The summed E-state index contributed by atoms with van der Waals surface area (Å²) in [6.07, 6.45) is 2.37. The van der Waals surface area contributed by atoms with E-state index in [2.05, 4.69) is 5.32 Å². The molecule has 0 spiro atoms. The molecule has 11 heteroatoms. The van der Waals surface area contributed by atoms with Gasteiger partial charge in [0.25, 0.3) is 0 Å². The van der Waals surface area contributed by atoms with E-state index in [1.165, 1.54) is 49.9 Å². The first-order valence-corrected chi connectivity index (χ1v) is 14.9. The molecular formula is C31H38N2O8S. The first kappa shape index (κ1) is 32.5. The molecule has 3 rings (SSSR count). The summed E-state index contributed by atoms with van der Waals surface area (Å²) in [4.78, 5) is 13.1. The maximum atomic E-state index is 13.5.